The van der Waals surface area contributed by atoms with E-state index in [0.717, 1.165) is 18.9 Å². The molecule has 4 heteroatoms. The Bertz CT molecular complexity index is 883. The summed E-state index contributed by atoms with van der Waals surface area (Å²) in [5.41, 5.74) is 4.85. The monoisotopic (exact) mass is 348 g/mol. The Morgan fingerprint density at radius 3 is 2.35 bits per heavy atom. The molecule has 0 saturated heterocycles. The van der Waals surface area contributed by atoms with Gasteiger partial charge >= 0.3 is 0 Å². The number of nitrogens with zero attached hydrogens (tertiary/aromatic N) is 3. The highest BCUT2D eigenvalue weighted by atomic mass is 15.1. The lowest BCUT2D eigenvalue weighted by Crippen LogP contribution is -2.21. The molecule has 136 valence electrons. The minimum Gasteiger partial charge on any atom is -0.378 e. The maximum Gasteiger partial charge on any atom is 0.133 e. The second-order valence-electron chi connectivity index (χ2n) is 7.19. The number of anilines is 2. The van der Waals surface area contributed by atoms with Crippen LogP contribution < -0.4 is 10.2 Å². The van der Waals surface area contributed by atoms with Gasteiger partial charge in [-0.05, 0) is 49.7 Å². The van der Waals surface area contributed by atoms with Gasteiger partial charge in [-0.1, -0.05) is 30.3 Å². The zero-order valence-corrected chi connectivity index (χ0v) is 16.4. The summed E-state index contributed by atoms with van der Waals surface area (Å²) in [6.07, 6.45) is 2.00. The van der Waals surface area contributed by atoms with Crippen LogP contribution in [-0.2, 0) is 0 Å². The fraction of sp³-hybridized carbons (Fsp3) is 0.318. The molecular formula is C22H28N4. The van der Waals surface area contributed by atoms with Gasteiger partial charge in [-0.15, -0.1) is 0 Å². The molecule has 0 unspecified atom stereocenters. The Morgan fingerprint density at radius 2 is 1.69 bits per heavy atom. The van der Waals surface area contributed by atoms with Crippen LogP contribution in [0.4, 0.5) is 11.5 Å². The van der Waals surface area contributed by atoms with Gasteiger partial charge < -0.3 is 15.1 Å². The van der Waals surface area contributed by atoms with Gasteiger partial charge in [0.15, 0.2) is 0 Å². The first kappa shape index (κ1) is 18.2. The molecule has 0 spiro atoms. The predicted octanol–water partition coefficient (Wildman–Crippen LogP) is 4.25. The van der Waals surface area contributed by atoms with E-state index in [9.17, 15) is 0 Å². The lowest BCUT2D eigenvalue weighted by molar-refractivity contribution is 0.425. The van der Waals surface area contributed by atoms with Crippen molar-refractivity contribution in [2.45, 2.75) is 6.92 Å². The standard InChI is InChI=1S/C22H28N4/c1-16-7-6-8-19-21(16)20(15-24-22(19)23-13-14-25(2)3)17-9-11-18(12-10-17)26(4)5/h6-12,15H,13-14H2,1-5H3,(H,23,24). The number of aromatic nitrogens is 1. The van der Waals surface area contributed by atoms with Gasteiger partial charge in [0, 0.05) is 50.0 Å². The Kier molecular flexibility index (Phi) is 5.43. The summed E-state index contributed by atoms with van der Waals surface area (Å²) in [4.78, 5) is 9.02. The molecule has 0 aliphatic heterocycles. The second-order valence-corrected chi connectivity index (χ2v) is 7.19. The summed E-state index contributed by atoms with van der Waals surface area (Å²) < 4.78 is 0. The van der Waals surface area contributed by atoms with E-state index in [-0.39, 0.29) is 0 Å². The maximum atomic E-state index is 4.74. The quantitative estimate of drug-likeness (QED) is 0.722. The fourth-order valence-corrected chi connectivity index (χ4v) is 3.18. The summed E-state index contributed by atoms with van der Waals surface area (Å²) in [5, 5.41) is 5.94. The maximum absolute atomic E-state index is 4.74. The van der Waals surface area contributed by atoms with Gasteiger partial charge in [0.1, 0.15) is 5.82 Å². The number of hydrogen-bond acceptors (Lipinski definition) is 4. The minimum atomic E-state index is 0.875. The van der Waals surface area contributed by atoms with Crippen LogP contribution in [0.3, 0.4) is 0 Å². The van der Waals surface area contributed by atoms with Crippen molar-refractivity contribution < 1.29 is 0 Å². The van der Waals surface area contributed by atoms with E-state index in [0.29, 0.717) is 0 Å². The lowest BCUT2D eigenvalue weighted by Gasteiger charge is -2.16. The number of aryl methyl sites for hydroxylation is 1. The van der Waals surface area contributed by atoms with Crippen molar-refractivity contribution in [3.8, 4) is 11.1 Å². The zero-order chi connectivity index (χ0) is 18.7. The van der Waals surface area contributed by atoms with E-state index in [4.69, 9.17) is 4.98 Å². The lowest BCUT2D eigenvalue weighted by atomic mass is 9.96. The molecule has 0 amide bonds. The van der Waals surface area contributed by atoms with E-state index in [1.54, 1.807) is 0 Å². The minimum absolute atomic E-state index is 0.875. The largest absolute Gasteiger partial charge is 0.378 e. The first-order valence-electron chi connectivity index (χ1n) is 9.02. The number of fused-ring (bicyclic) bond motifs is 1. The zero-order valence-electron chi connectivity index (χ0n) is 16.4. The van der Waals surface area contributed by atoms with Crippen molar-refractivity contribution >= 4 is 22.3 Å². The van der Waals surface area contributed by atoms with Crippen LogP contribution in [0.1, 0.15) is 5.56 Å². The predicted molar refractivity (Wildman–Crippen MR) is 113 cm³/mol. The van der Waals surface area contributed by atoms with Crippen LogP contribution in [-0.4, -0.2) is 51.2 Å². The molecule has 1 heterocycles. The summed E-state index contributed by atoms with van der Waals surface area (Å²) >= 11 is 0. The van der Waals surface area contributed by atoms with Gasteiger partial charge in [0.2, 0.25) is 0 Å². The molecule has 0 fully saturated rings. The van der Waals surface area contributed by atoms with Gasteiger partial charge in [0.25, 0.3) is 0 Å². The third kappa shape index (κ3) is 3.81. The number of benzene rings is 2. The summed E-state index contributed by atoms with van der Waals surface area (Å²) in [6.45, 7) is 4.02. The average Bonchev–Trinajstić information content (AvgIpc) is 2.62. The number of hydrogen-bond donors (Lipinski definition) is 1. The molecular weight excluding hydrogens is 320 g/mol. The highest BCUT2D eigenvalue weighted by Crippen LogP contribution is 2.34. The molecule has 0 atom stereocenters. The topological polar surface area (TPSA) is 31.4 Å². The van der Waals surface area contributed by atoms with Crippen LogP contribution in [0, 0.1) is 6.92 Å². The van der Waals surface area contributed by atoms with Crippen LogP contribution in [0.25, 0.3) is 21.9 Å². The highest BCUT2D eigenvalue weighted by molar-refractivity contribution is 6.03. The first-order chi connectivity index (χ1) is 12.5. The van der Waals surface area contributed by atoms with Crippen molar-refractivity contribution in [1.29, 1.82) is 0 Å². The molecule has 0 bridgehead atoms. The van der Waals surface area contributed by atoms with Crippen LogP contribution >= 0.6 is 0 Å². The van der Waals surface area contributed by atoms with Gasteiger partial charge in [-0.25, -0.2) is 4.98 Å². The number of nitrogens with one attached hydrogen (secondary N) is 1. The van der Waals surface area contributed by atoms with E-state index < -0.39 is 0 Å². The summed E-state index contributed by atoms with van der Waals surface area (Å²) in [5.74, 6) is 0.958. The second kappa shape index (κ2) is 7.75. The van der Waals surface area contributed by atoms with Crippen LogP contribution in [0.2, 0.25) is 0 Å². The molecule has 0 radical (unpaired) electrons. The van der Waals surface area contributed by atoms with Crippen molar-refractivity contribution in [2.24, 2.45) is 0 Å². The Morgan fingerprint density at radius 1 is 0.962 bits per heavy atom. The molecule has 2 aromatic carbocycles. The third-order valence-electron chi connectivity index (χ3n) is 4.67. The van der Waals surface area contributed by atoms with E-state index in [1.165, 1.54) is 33.2 Å². The first-order valence-corrected chi connectivity index (χ1v) is 9.02. The summed E-state index contributed by atoms with van der Waals surface area (Å²) in [6, 6.07) is 15.1. The Hall–Kier alpha value is -2.59. The number of rotatable bonds is 6. The van der Waals surface area contributed by atoms with Crippen molar-refractivity contribution in [3.05, 3.63) is 54.2 Å². The highest BCUT2D eigenvalue weighted by Gasteiger charge is 2.11. The molecule has 1 N–H and O–H groups in total. The van der Waals surface area contributed by atoms with Crippen molar-refractivity contribution in [3.63, 3.8) is 0 Å². The normalized spacial score (nSPS) is 11.2. The van der Waals surface area contributed by atoms with Gasteiger partial charge in [-0.3, -0.25) is 0 Å². The van der Waals surface area contributed by atoms with E-state index >= 15 is 0 Å². The van der Waals surface area contributed by atoms with Crippen molar-refractivity contribution in [1.82, 2.24) is 9.88 Å². The number of likely N-dealkylation sites (N-methyl/N-ethyl adjacent to an activating group) is 1. The Labute approximate surface area is 156 Å². The molecule has 0 saturated carbocycles. The molecule has 0 aliphatic rings. The van der Waals surface area contributed by atoms with Gasteiger partial charge in [0.05, 0.1) is 0 Å². The summed E-state index contributed by atoms with van der Waals surface area (Å²) in [7, 11) is 8.28. The molecule has 0 aliphatic carbocycles. The van der Waals surface area contributed by atoms with E-state index in [1.807, 2.05) is 6.20 Å². The molecule has 26 heavy (non-hydrogen) atoms. The third-order valence-corrected chi connectivity index (χ3v) is 4.67. The smallest absolute Gasteiger partial charge is 0.133 e. The van der Waals surface area contributed by atoms with Crippen LogP contribution in [0.15, 0.2) is 48.7 Å². The Balaban J connectivity index is 2.04. The molecule has 3 rings (SSSR count). The average molecular weight is 348 g/mol. The van der Waals surface area contributed by atoms with Crippen molar-refractivity contribution in [2.75, 3.05) is 51.5 Å². The SMILES string of the molecule is Cc1cccc2c(NCCN(C)C)ncc(-c3ccc(N(C)C)cc3)c12. The molecule has 3 aromatic rings. The molecule has 4 nitrogen and oxygen atoms in total. The van der Waals surface area contributed by atoms with Crippen LogP contribution in [0.5, 0.6) is 0 Å². The number of pyridine rings is 1. The molecule has 1 aromatic heterocycles. The fourth-order valence-electron chi connectivity index (χ4n) is 3.18. The van der Waals surface area contributed by atoms with Gasteiger partial charge in [-0.2, -0.15) is 0 Å². The van der Waals surface area contributed by atoms with E-state index in [2.05, 4.69) is 92.7 Å².